The standard InChI is InChI=1S/C8H6BrN3/c9-7-1-6(2-10-3-7)8-4-11-5-12-8/h1-5H,(H,11,12). The van der Waals surface area contributed by atoms with Crippen molar-refractivity contribution in [2.45, 2.75) is 0 Å². The Labute approximate surface area is 78.0 Å². The minimum absolute atomic E-state index is 0.967. The topological polar surface area (TPSA) is 41.6 Å². The Bertz CT molecular complexity index is 370. The van der Waals surface area contributed by atoms with E-state index in [1.54, 1.807) is 24.9 Å². The summed E-state index contributed by atoms with van der Waals surface area (Å²) < 4.78 is 0.967. The highest BCUT2D eigenvalue weighted by Gasteiger charge is 1.98. The molecule has 4 heteroatoms. The van der Waals surface area contributed by atoms with Gasteiger partial charge in [-0.3, -0.25) is 4.98 Å². The van der Waals surface area contributed by atoms with Gasteiger partial charge in [0.05, 0.1) is 18.2 Å². The van der Waals surface area contributed by atoms with Crippen LogP contribution >= 0.6 is 15.9 Å². The van der Waals surface area contributed by atoms with Crippen LogP contribution in [0.2, 0.25) is 0 Å². The first kappa shape index (κ1) is 7.49. The van der Waals surface area contributed by atoms with Crippen molar-refractivity contribution >= 4 is 15.9 Å². The molecule has 2 heterocycles. The lowest BCUT2D eigenvalue weighted by Gasteiger charge is -1.95. The quantitative estimate of drug-likeness (QED) is 0.806. The van der Waals surface area contributed by atoms with Crippen LogP contribution in [0.25, 0.3) is 11.3 Å². The van der Waals surface area contributed by atoms with Crippen molar-refractivity contribution in [3.05, 3.63) is 35.5 Å². The molecule has 0 aliphatic rings. The van der Waals surface area contributed by atoms with Gasteiger partial charge in [-0.2, -0.15) is 0 Å². The van der Waals surface area contributed by atoms with Crippen LogP contribution in [0.15, 0.2) is 35.5 Å². The number of imidazole rings is 1. The van der Waals surface area contributed by atoms with E-state index >= 15 is 0 Å². The van der Waals surface area contributed by atoms with Crippen molar-refractivity contribution in [2.75, 3.05) is 0 Å². The average Bonchev–Trinajstić information content (AvgIpc) is 2.56. The van der Waals surface area contributed by atoms with E-state index in [0.29, 0.717) is 0 Å². The number of nitrogens with zero attached hydrogens (tertiary/aromatic N) is 2. The maximum absolute atomic E-state index is 4.05. The van der Waals surface area contributed by atoms with E-state index in [1.807, 2.05) is 6.07 Å². The lowest BCUT2D eigenvalue weighted by atomic mass is 10.2. The van der Waals surface area contributed by atoms with Crippen molar-refractivity contribution in [2.24, 2.45) is 0 Å². The van der Waals surface area contributed by atoms with E-state index in [1.165, 1.54) is 0 Å². The second-order valence-electron chi connectivity index (χ2n) is 2.36. The van der Waals surface area contributed by atoms with Crippen LogP contribution in [0.5, 0.6) is 0 Å². The lowest BCUT2D eigenvalue weighted by Crippen LogP contribution is -1.79. The molecule has 0 unspecified atom stereocenters. The molecule has 60 valence electrons. The molecular weight excluding hydrogens is 218 g/mol. The minimum atomic E-state index is 0.967. The summed E-state index contributed by atoms with van der Waals surface area (Å²) in [5, 5.41) is 0. The van der Waals surface area contributed by atoms with Crippen molar-refractivity contribution < 1.29 is 0 Å². The summed E-state index contributed by atoms with van der Waals surface area (Å²) in [5.41, 5.74) is 2.01. The monoisotopic (exact) mass is 223 g/mol. The molecule has 2 aromatic heterocycles. The van der Waals surface area contributed by atoms with Crippen LogP contribution in [0.4, 0.5) is 0 Å². The van der Waals surface area contributed by atoms with Gasteiger partial charge in [-0.15, -0.1) is 0 Å². The minimum Gasteiger partial charge on any atom is -0.345 e. The summed E-state index contributed by atoms with van der Waals surface area (Å²) in [4.78, 5) is 11.0. The van der Waals surface area contributed by atoms with Gasteiger partial charge in [0, 0.05) is 22.4 Å². The maximum Gasteiger partial charge on any atom is 0.0924 e. The van der Waals surface area contributed by atoms with E-state index in [2.05, 4.69) is 30.9 Å². The van der Waals surface area contributed by atoms with E-state index in [9.17, 15) is 0 Å². The number of pyridine rings is 1. The van der Waals surface area contributed by atoms with Crippen LogP contribution in [-0.4, -0.2) is 15.0 Å². The lowest BCUT2D eigenvalue weighted by molar-refractivity contribution is 1.28. The molecule has 0 aliphatic heterocycles. The van der Waals surface area contributed by atoms with Gasteiger partial charge in [0.1, 0.15) is 0 Å². The van der Waals surface area contributed by atoms with E-state index < -0.39 is 0 Å². The Kier molecular flexibility index (Phi) is 1.91. The predicted molar refractivity (Wildman–Crippen MR) is 49.5 cm³/mol. The first-order valence-corrected chi connectivity index (χ1v) is 4.25. The fraction of sp³-hybridized carbons (Fsp3) is 0. The number of hydrogen-bond donors (Lipinski definition) is 1. The van der Waals surface area contributed by atoms with Crippen molar-refractivity contribution in [3.63, 3.8) is 0 Å². The molecule has 0 bridgehead atoms. The summed E-state index contributed by atoms with van der Waals surface area (Å²) in [6.07, 6.45) is 6.96. The third kappa shape index (κ3) is 1.38. The molecule has 0 atom stereocenters. The number of aromatic amines is 1. The van der Waals surface area contributed by atoms with Gasteiger partial charge in [0.25, 0.3) is 0 Å². The Hall–Kier alpha value is -1.16. The van der Waals surface area contributed by atoms with Gasteiger partial charge in [-0.1, -0.05) is 0 Å². The number of H-pyrrole nitrogens is 1. The molecule has 0 saturated carbocycles. The van der Waals surface area contributed by atoms with Gasteiger partial charge < -0.3 is 4.98 Å². The van der Waals surface area contributed by atoms with Crippen LogP contribution in [-0.2, 0) is 0 Å². The molecule has 0 aliphatic carbocycles. The second-order valence-corrected chi connectivity index (χ2v) is 3.27. The van der Waals surface area contributed by atoms with Crippen LogP contribution in [0.3, 0.4) is 0 Å². The van der Waals surface area contributed by atoms with Crippen LogP contribution < -0.4 is 0 Å². The Morgan fingerprint density at radius 2 is 2.08 bits per heavy atom. The molecule has 2 rings (SSSR count). The molecule has 12 heavy (non-hydrogen) atoms. The smallest absolute Gasteiger partial charge is 0.0924 e. The molecule has 0 saturated heterocycles. The maximum atomic E-state index is 4.05. The first-order valence-electron chi connectivity index (χ1n) is 3.45. The molecular formula is C8H6BrN3. The zero-order valence-corrected chi connectivity index (χ0v) is 7.75. The van der Waals surface area contributed by atoms with Gasteiger partial charge >= 0.3 is 0 Å². The number of nitrogens with one attached hydrogen (secondary N) is 1. The first-order chi connectivity index (χ1) is 5.86. The number of hydrogen-bond acceptors (Lipinski definition) is 2. The predicted octanol–water partition coefficient (Wildman–Crippen LogP) is 2.23. The largest absolute Gasteiger partial charge is 0.345 e. The van der Waals surface area contributed by atoms with E-state index in [0.717, 1.165) is 15.7 Å². The molecule has 0 aromatic carbocycles. The van der Waals surface area contributed by atoms with Gasteiger partial charge in [0.15, 0.2) is 0 Å². The van der Waals surface area contributed by atoms with Gasteiger partial charge in [-0.25, -0.2) is 4.98 Å². The zero-order chi connectivity index (χ0) is 8.39. The van der Waals surface area contributed by atoms with Crippen LogP contribution in [0.1, 0.15) is 0 Å². The number of halogens is 1. The molecule has 0 fully saturated rings. The number of aromatic nitrogens is 3. The number of rotatable bonds is 1. The zero-order valence-electron chi connectivity index (χ0n) is 6.16. The van der Waals surface area contributed by atoms with Gasteiger partial charge in [0.2, 0.25) is 0 Å². The molecule has 2 aromatic rings. The van der Waals surface area contributed by atoms with Crippen molar-refractivity contribution in [3.8, 4) is 11.3 Å². The summed E-state index contributed by atoms with van der Waals surface area (Å²) in [6.45, 7) is 0. The summed E-state index contributed by atoms with van der Waals surface area (Å²) in [6, 6.07) is 1.99. The average molecular weight is 224 g/mol. The SMILES string of the molecule is Brc1cncc(-c2cnc[nH]2)c1. The fourth-order valence-corrected chi connectivity index (χ4v) is 1.34. The summed E-state index contributed by atoms with van der Waals surface area (Å²) in [5.74, 6) is 0. The summed E-state index contributed by atoms with van der Waals surface area (Å²) in [7, 11) is 0. The molecule has 0 spiro atoms. The molecule has 1 N–H and O–H groups in total. The highest BCUT2D eigenvalue weighted by Crippen LogP contribution is 2.18. The second kappa shape index (κ2) is 3.06. The fourth-order valence-electron chi connectivity index (χ4n) is 0.973. The van der Waals surface area contributed by atoms with Crippen molar-refractivity contribution in [1.82, 2.24) is 15.0 Å². The van der Waals surface area contributed by atoms with Gasteiger partial charge in [-0.05, 0) is 22.0 Å². The molecule has 0 amide bonds. The molecule has 0 radical (unpaired) electrons. The third-order valence-electron chi connectivity index (χ3n) is 1.51. The Morgan fingerprint density at radius 1 is 1.17 bits per heavy atom. The Balaban J connectivity index is 2.48. The molecule has 3 nitrogen and oxygen atoms in total. The summed E-state index contributed by atoms with van der Waals surface area (Å²) >= 11 is 3.35. The van der Waals surface area contributed by atoms with E-state index in [-0.39, 0.29) is 0 Å². The highest BCUT2D eigenvalue weighted by atomic mass is 79.9. The highest BCUT2D eigenvalue weighted by molar-refractivity contribution is 9.10. The third-order valence-corrected chi connectivity index (χ3v) is 1.95. The normalized spacial score (nSPS) is 10.1. The van der Waals surface area contributed by atoms with E-state index in [4.69, 9.17) is 0 Å². The van der Waals surface area contributed by atoms with Crippen molar-refractivity contribution in [1.29, 1.82) is 0 Å². The van der Waals surface area contributed by atoms with Crippen LogP contribution in [0, 0.1) is 0 Å². The Morgan fingerprint density at radius 3 is 2.75 bits per heavy atom.